The third-order valence-electron chi connectivity index (χ3n) is 1.74. The molecule has 2 N–H and O–H groups in total. The molecule has 1 aromatic carbocycles. The topological polar surface area (TPSA) is 66.4 Å². The number of rotatable bonds is 0. The van der Waals surface area contributed by atoms with Crippen molar-refractivity contribution in [2.24, 2.45) is 0 Å². The van der Waals surface area contributed by atoms with Crippen molar-refractivity contribution in [2.75, 3.05) is 0 Å². The van der Waals surface area contributed by atoms with Crippen molar-refractivity contribution in [1.29, 1.82) is 0 Å². The van der Waals surface area contributed by atoms with Crippen LogP contribution in [0, 0.1) is 0 Å². The van der Waals surface area contributed by atoms with Crippen LogP contribution in [0.15, 0.2) is 18.2 Å². The van der Waals surface area contributed by atoms with Gasteiger partial charge in [-0.15, -0.1) is 0 Å². The molecule has 1 aromatic rings. The molecule has 0 saturated carbocycles. The Morgan fingerprint density at radius 2 is 1.85 bits per heavy atom. The van der Waals surface area contributed by atoms with Gasteiger partial charge < -0.3 is 5.11 Å². The molecule has 1 heterocycles. The summed E-state index contributed by atoms with van der Waals surface area (Å²) in [6, 6.07) is 4.39. The quantitative estimate of drug-likeness (QED) is 0.446. The predicted molar refractivity (Wildman–Crippen MR) is 47.1 cm³/mol. The maximum absolute atomic E-state index is 11.0. The van der Waals surface area contributed by atoms with Crippen LogP contribution >= 0.6 is 0 Å². The van der Waals surface area contributed by atoms with Crippen molar-refractivity contribution < 1.29 is 14.7 Å². The van der Waals surface area contributed by atoms with E-state index >= 15 is 0 Å². The van der Waals surface area contributed by atoms with E-state index < -0.39 is 11.8 Å². The Bertz CT molecular complexity index is 389. The fraction of sp³-hybridized carbons (Fsp3) is 0. The SMILES string of the molecule is O=C1NC(=O)c2c(O)cccc21.[KH]. The Kier molecular flexibility index (Phi) is 3.26. The number of carbonyl (C=O) groups is 2. The van der Waals surface area contributed by atoms with Crippen molar-refractivity contribution in [1.82, 2.24) is 5.32 Å². The number of hydrogen-bond acceptors (Lipinski definition) is 3. The van der Waals surface area contributed by atoms with Gasteiger partial charge in [0.25, 0.3) is 11.8 Å². The number of benzene rings is 1. The Balaban J connectivity index is 0.000000845. The molecular formula is C8H6KNO3. The van der Waals surface area contributed by atoms with Gasteiger partial charge in [0.05, 0.1) is 11.1 Å². The van der Waals surface area contributed by atoms with Gasteiger partial charge >= 0.3 is 51.4 Å². The molecule has 4 nitrogen and oxygen atoms in total. The summed E-state index contributed by atoms with van der Waals surface area (Å²) < 4.78 is 0. The molecule has 0 spiro atoms. The van der Waals surface area contributed by atoms with Gasteiger partial charge in [-0.2, -0.15) is 0 Å². The zero-order valence-electron chi connectivity index (χ0n) is 6.00. The summed E-state index contributed by atoms with van der Waals surface area (Å²) in [5.74, 6) is -1.14. The summed E-state index contributed by atoms with van der Waals surface area (Å²) in [6.07, 6.45) is 0. The molecule has 0 atom stereocenters. The molecule has 0 aromatic heterocycles. The van der Waals surface area contributed by atoms with Crippen LogP contribution in [0.5, 0.6) is 5.75 Å². The zero-order chi connectivity index (χ0) is 8.72. The van der Waals surface area contributed by atoms with Gasteiger partial charge in [-0.1, -0.05) is 6.07 Å². The van der Waals surface area contributed by atoms with Crippen molar-refractivity contribution in [2.45, 2.75) is 0 Å². The number of amides is 2. The van der Waals surface area contributed by atoms with E-state index in [9.17, 15) is 14.7 Å². The van der Waals surface area contributed by atoms with Crippen LogP contribution in [0.1, 0.15) is 20.7 Å². The van der Waals surface area contributed by atoms with Gasteiger partial charge in [-0.05, 0) is 12.1 Å². The van der Waals surface area contributed by atoms with Gasteiger partial charge in [-0.3, -0.25) is 14.9 Å². The molecule has 1 aliphatic rings. The number of carbonyl (C=O) groups excluding carboxylic acids is 2. The molecule has 0 fully saturated rings. The molecule has 62 valence electrons. The van der Waals surface area contributed by atoms with E-state index in [4.69, 9.17) is 0 Å². The zero-order valence-corrected chi connectivity index (χ0v) is 6.00. The van der Waals surface area contributed by atoms with Gasteiger partial charge in [0.15, 0.2) is 0 Å². The minimum atomic E-state index is -0.534. The maximum atomic E-state index is 11.0. The first-order chi connectivity index (χ1) is 5.70. The van der Waals surface area contributed by atoms with Crippen molar-refractivity contribution in [3.8, 4) is 5.75 Å². The Hall–Kier alpha value is -0.204. The standard InChI is InChI=1S/C8H5NO3.K.H/c10-5-3-1-2-4-6(5)8(12)9-7(4)11;;/h1-3,10H,(H,9,11,12);;. The molecule has 0 aliphatic carbocycles. The van der Waals surface area contributed by atoms with Gasteiger partial charge in [0.2, 0.25) is 0 Å². The van der Waals surface area contributed by atoms with Crippen LogP contribution < -0.4 is 5.32 Å². The number of imide groups is 1. The molecule has 0 saturated heterocycles. The molecule has 0 radical (unpaired) electrons. The van der Waals surface area contributed by atoms with E-state index in [2.05, 4.69) is 5.32 Å². The van der Waals surface area contributed by atoms with Crippen LogP contribution in [0.25, 0.3) is 0 Å². The van der Waals surface area contributed by atoms with Crippen LogP contribution in [-0.2, 0) is 0 Å². The van der Waals surface area contributed by atoms with E-state index in [1.807, 2.05) is 0 Å². The second-order valence-corrected chi connectivity index (χ2v) is 2.48. The molecule has 2 rings (SSSR count). The fourth-order valence-corrected chi connectivity index (χ4v) is 1.20. The number of phenols is 1. The van der Waals surface area contributed by atoms with Crippen molar-refractivity contribution in [3.63, 3.8) is 0 Å². The summed E-state index contributed by atoms with van der Waals surface area (Å²) in [4.78, 5) is 22.0. The number of hydrogen-bond donors (Lipinski definition) is 2. The molecule has 0 unspecified atom stereocenters. The molecule has 2 amide bonds. The van der Waals surface area contributed by atoms with E-state index in [-0.39, 0.29) is 68.3 Å². The summed E-state index contributed by atoms with van der Waals surface area (Å²) in [5.41, 5.74) is 0.308. The first-order valence-corrected chi connectivity index (χ1v) is 3.38. The van der Waals surface area contributed by atoms with Crippen LogP contribution in [0.4, 0.5) is 0 Å². The van der Waals surface area contributed by atoms with Gasteiger partial charge in [0.1, 0.15) is 5.75 Å². The molecular weight excluding hydrogens is 197 g/mol. The first kappa shape index (κ1) is 10.9. The first-order valence-electron chi connectivity index (χ1n) is 3.38. The van der Waals surface area contributed by atoms with Crippen molar-refractivity contribution >= 4 is 63.2 Å². The molecule has 1 aliphatic heterocycles. The van der Waals surface area contributed by atoms with Gasteiger partial charge in [-0.25, -0.2) is 0 Å². The monoisotopic (exact) mass is 203 g/mol. The van der Waals surface area contributed by atoms with E-state index in [0.717, 1.165) is 0 Å². The predicted octanol–water partition coefficient (Wildman–Crippen LogP) is -0.373. The second kappa shape index (κ2) is 3.89. The molecule has 0 bridgehead atoms. The minimum absolute atomic E-state index is 0. The molecule has 13 heavy (non-hydrogen) atoms. The Morgan fingerprint density at radius 3 is 2.46 bits per heavy atom. The normalized spacial score (nSPS) is 13.2. The third-order valence-corrected chi connectivity index (χ3v) is 1.74. The average Bonchev–Trinajstić information content (AvgIpc) is 2.29. The third kappa shape index (κ3) is 1.70. The second-order valence-electron chi connectivity index (χ2n) is 2.48. The average molecular weight is 203 g/mol. The number of nitrogens with one attached hydrogen (secondary N) is 1. The number of fused-ring (bicyclic) bond motifs is 1. The summed E-state index contributed by atoms with van der Waals surface area (Å²) in [5, 5.41) is 11.3. The molecule has 5 heteroatoms. The Morgan fingerprint density at radius 1 is 1.15 bits per heavy atom. The fourth-order valence-electron chi connectivity index (χ4n) is 1.20. The van der Waals surface area contributed by atoms with Crippen LogP contribution in [-0.4, -0.2) is 68.3 Å². The van der Waals surface area contributed by atoms with E-state index in [0.29, 0.717) is 0 Å². The number of phenolic OH excluding ortho intramolecular Hbond substituents is 1. The number of aromatic hydroxyl groups is 1. The van der Waals surface area contributed by atoms with Crippen molar-refractivity contribution in [3.05, 3.63) is 29.3 Å². The van der Waals surface area contributed by atoms with E-state index in [1.165, 1.54) is 18.2 Å². The van der Waals surface area contributed by atoms with Crippen LogP contribution in [0.3, 0.4) is 0 Å². The summed E-state index contributed by atoms with van der Waals surface area (Å²) >= 11 is 0. The Labute approximate surface area is 117 Å². The van der Waals surface area contributed by atoms with Gasteiger partial charge in [0, 0.05) is 0 Å². The van der Waals surface area contributed by atoms with Crippen LogP contribution in [0.2, 0.25) is 0 Å². The summed E-state index contributed by atoms with van der Waals surface area (Å²) in [7, 11) is 0. The van der Waals surface area contributed by atoms with E-state index in [1.54, 1.807) is 0 Å². The summed E-state index contributed by atoms with van der Waals surface area (Å²) in [6.45, 7) is 0.